The summed E-state index contributed by atoms with van der Waals surface area (Å²) in [5.41, 5.74) is 5.45. The molecule has 1 aliphatic rings. The van der Waals surface area contributed by atoms with Crippen molar-refractivity contribution in [2.45, 2.75) is 25.3 Å². The fourth-order valence-corrected chi connectivity index (χ4v) is 1.64. The zero-order valence-corrected chi connectivity index (χ0v) is 9.06. The summed E-state index contributed by atoms with van der Waals surface area (Å²) in [5.74, 6) is -0.953. The summed E-state index contributed by atoms with van der Waals surface area (Å²) in [5, 5.41) is 6.77. The second kappa shape index (κ2) is 3.96. The van der Waals surface area contributed by atoms with Crippen LogP contribution in [0.4, 0.5) is 0 Å². The first-order chi connectivity index (χ1) is 7.58. The van der Waals surface area contributed by atoms with E-state index in [9.17, 15) is 9.59 Å². The fraction of sp³-hybridized carbons (Fsp3) is 0.500. The van der Waals surface area contributed by atoms with Crippen molar-refractivity contribution in [3.05, 3.63) is 17.5 Å². The number of nitrogens with two attached hydrogens (primary N) is 1. The molecule has 0 bridgehead atoms. The predicted octanol–water partition coefficient (Wildman–Crippen LogP) is -0.199. The second-order valence-corrected chi connectivity index (χ2v) is 4.03. The molecule has 0 aliphatic heterocycles. The van der Waals surface area contributed by atoms with Crippen LogP contribution in [0.3, 0.4) is 0 Å². The van der Waals surface area contributed by atoms with E-state index in [0.717, 1.165) is 19.3 Å². The largest absolute Gasteiger partial charge is 0.365 e. The van der Waals surface area contributed by atoms with Gasteiger partial charge >= 0.3 is 0 Å². The number of amides is 2. The van der Waals surface area contributed by atoms with Gasteiger partial charge in [0.05, 0.1) is 5.56 Å². The summed E-state index contributed by atoms with van der Waals surface area (Å²) in [6, 6.07) is 0.218. The van der Waals surface area contributed by atoms with E-state index in [0.29, 0.717) is 0 Å². The minimum absolute atomic E-state index is 0.113. The Morgan fingerprint density at radius 2 is 2.25 bits per heavy atom. The Balaban J connectivity index is 2.17. The van der Waals surface area contributed by atoms with Crippen molar-refractivity contribution in [1.29, 1.82) is 0 Å². The van der Waals surface area contributed by atoms with Gasteiger partial charge in [-0.05, 0) is 19.3 Å². The Labute approximate surface area is 92.8 Å². The molecule has 0 radical (unpaired) electrons. The maximum atomic E-state index is 11.8. The second-order valence-electron chi connectivity index (χ2n) is 4.03. The van der Waals surface area contributed by atoms with Gasteiger partial charge in [-0.15, -0.1) is 0 Å². The number of nitrogens with zero attached hydrogens (tertiary/aromatic N) is 2. The molecule has 16 heavy (non-hydrogen) atoms. The molecule has 1 aromatic rings. The Morgan fingerprint density at radius 3 is 2.75 bits per heavy atom. The lowest BCUT2D eigenvalue weighted by atomic mass is 9.93. The smallest absolute Gasteiger partial charge is 0.272 e. The number of primary amides is 1. The van der Waals surface area contributed by atoms with Crippen molar-refractivity contribution in [3.8, 4) is 0 Å². The van der Waals surface area contributed by atoms with Crippen molar-refractivity contribution >= 4 is 11.8 Å². The first-order valence-electron chi connectivity index (χ1n) is 5.22. The third kappa shape index (κ3) is 1.91. The molecule has 1 aliphatic carbocycles. The van der Waals surface area contributed by atoms with E-state index >= 15 is 0 Å². The van der Waals surface area contributed by atoms with Gasteiger partial charge in [0.1, 0.15) is 0 Å². The van der Waals surface area contributed by atoms with E-state index in [-0.39, 0.29) is 23.2 Å². The summed E-state index contributed by atoms with van der Waals surface area (Å²) in [4.78, 5) is 22.9. The van der Waals surface area contributed by atoms with Gasteiger partial charge in [0, 0.05) is 19.3 Å². The third-order valence-electron chi connectivity index (χ3n) is 2.75. The van der Waals surface area contributed by atoms with Gasteiger partial charge in [0.15, 0.2) is 5.69 Å². The highest BCUT2D eigenvalue weighted by Crippen LogP contribution is 2.18. The Kier molecular flexibility index (Phi) is 2.64. The monoisotopic (exact) mass is 222 g/mol. The first kappa shape index (κ1) is 10.7. The maximum absolute atomic E-state index is 11.8. The lowest BCUT2D eigenvalue weighted by Crippen LogP contribution is -2.40. The van der Waals surface area contributed by atoms with Crippen LogP contribution in [0.25, 0.3) is 0 Å². The molecule has 0 atom stereocenters. The number of rotatable bonds is 3. The van der Waals surface area contributed by atoms with E-state index < -0.39 is 5.91 Å². The zero-order valence-electron chi connectivity index (χ0n) is 9.06. The van der Waals surface area contributed by atoms with Crippen LogP contribution >= 0.6 is 0 Å². The SMILES string of the molecule is Cn1cc(C(N)=O)c(C(=O)NC2CCC2)n1. The number of hydrogen-bond acceptors (Lipinski definition) is 3. The molecule has 86 valence electrons. The molecular formula is C10H14N4O2. The van der Waals surface area contributed by atoms with Gasteiger partial charge < -0.3 is 11.1 Å². The van der Waals surface area contributed by atoms with Gasteiger partial charge in [0.25, 0.3) is 11.8 Å². The van der Waals surface area contributed by atoms with Crippen LogP contribution in [0.1, 0.15) is 40.1 Å². The van der Waals surface area contributed by atoms with E-state index in [1.54, 1.807) is 7.05 Å². The fourth-order valence-electron chi connectivity index (χ4n) is 1.64. The standard InChI is InChI=1S/C10H14N4O2/c1-14-5-7(9(11)15)8(13-14)10(16)12-6-3-2-4-6/h5-6H,2-4H2,1H3,(H2,11,15)(H,12,16). The third-order valence-corrected chi connectivity index (χ3v) is 2.75. The molecule has 0 aromatic carbocycles. The Hall–Kier alpha value is -1.85. The van der Waals surface area contributed by atoms with Crippen LogP contribution in [0.2, 0.25) is 0 Å². The summed E-state index contributed by atoms with van der Waals surface area (Å²) in [7, 11) is 1.65. The highest BCUT2D eigenvalue weighted by Gasteiger charge is 2.24. The van der Waals surface area contributed by atoms with Crippen molar-refractivity contribution in [3.63, 3.8) is 0 Å². The molecular weight excluding hydrogens is 208 g/mol. The van der Waals surface area contributed by atoms with Gasteiger partial charge in [0.2, 0.25) is 0 Å². The molecule has 2 rings (SSSR count). The van der Waals surface area contributed by atoms with Crippen molar-refractivity contribution in [2.24, 2.45) is 12.8 Å². The van der Waals surface area contributed by atoms with Gasteiger partial charge in [-0.3, -0.25) is 14.3 Å². The summed E-state index contributed by atoms with van der Waals surface area (Å²) in [6.45, 7) is 0. The number of carbonyl (C=O) groups is 2. The van der Waals surface area contributed by atoms with Crippen LogP contribution in [-0.2, 0) is 7.05 Å². The zero-order chi connectivity index (χ0) is 11.7. The van der Waals surface area contributed by atoms with Crippen molar-refractivity contribution in [1.82, 2.24) is 15.1 Å². The number of hydrogen-bond donors (Lipinski definition) is 2. The average Bonchev–Trinajstić information content (AvgIpc) is 2.53. The van der Waals surface area contributed by atoms with Crippen LogP contribution in [0, 0.1) is 0 Å². The van der Waals surface area contributed by atoms with Crippen LogP contribution in [-0.4, -0.2) is 27.6 Å². The number of aryl methyl sites for hydroxylation is 1. The van der Waals surface area contributed by atoms with E-state index in [1.807, 2.05) is 0 Å². The Bertz CT molecular complexity index is 434. The van der Waals surface area contributed by atoms with Crippen LogP contribution in [0.5, 0.6) is 0 Å². The van der Waals surface area contributed by atoms with Gasteiger partial charge in [-0.1, -0.05) is 0 Å². The minimum Gasteiger partial charge on any atom is -0.365 e. The maximum Gasteiger partial charge on any atom is 0.272 e. The quantitative estimate of drug-likeness (QED) is 0.742. The molecule has 6 nitrogen and oxygen atoms in total. The number of nitrogens with one attached hydrogen (secondary N) is 1. The molecule has 0 unspecified atom stereocenters. The normalized spacial score (nSPS) is 15.6. The molecule has 6 heteroatoms. The number of carbonyl (C=O) groups excluding carboxylic acids is 2. The molecule has 0 saturated heterocycles. The average molecular weight is 222 g/mol. The van der Waals surface area contributed by atoms with Crippen molar-refractivity contribution in [2.75, 3.05) is 0 Å². The lowest BCUT2D eigenvalue weighted by Gasteiger charge is -2.25. The molecule has 3 N–H and O–H groups in total. The van der Waals surface area contributed by atoms with E-state index in [1.165, 1.54) is 10.9 Å². The molecule has 2 amide bonds. The lowest BCUT2D eigenvalue weighted by molar-refractivity contribution is 0.0899. The van der Waals surface area contributed by atoms with E-state index in [2.05, 4.69) is 10.4 Å². The minimum atomic E-state index is -0.633. The van der Waals surface area contributed by atoms with Crippen molar-refractivity contribution < 1.29 is 9.59 Å². The predicted molar refractivity (Wildman–Crippen MR) is 56.8 cm³/mol. The highest BCUT2D eigenvalue weighted by molar-refractivity contribution is 6.05. The summed E-state index contributed by atoms with van der Waals surface area (Å²) >= 11 is 0. The summed E-state index contributed by atoms with van der Waals surface area (Å²) < 4.78 is 1.41. The molecule has 0 spiro atoms. The number of aromatic nitrogens is 2. The Morgan fingerprint density at radius 1 is 1.56 bits per heavy atom. The first-order valence-corrected chi connectivity index (χ1v) is 5.22. The molecule has 1 fully saturated rings. The highest BCUT2D eigenvalue weighted by atomic mass is 16.2. The van der Waals surface area contributed by atoms with Gasteiger partial charge in [-0.2, -0.15) is 5.10 Å². The van der Waals surface area contributed by atoms with Crippen LogP contribution < -0.4 is 11.1 Å². The van der Waals surface area contributed by atoms with E-state index in [4.69, 9.17) is 5.73 Å². The molecule has 1 aromatic heterocycles. The topological polar surface area (TPSA) is 90.0 Å². The molecule has 1 saturated carbocycles. The van der Waals surface area contributed by atoms with Gasteiger partial charge in [-0.25, -0.2) is 0 Å². The molecule has 1 heterocycles. The van der Waals surface area contributed by atoms with Crippen LogP contribution in [0.15, 0.2) is 6.20 Å². The summed E-state index contributed by atoms with van der Waals surface area (Å²) in [6.07, 6.45) is 4.57.